The van der Waals surface area contributed by atoms with Crippen molar-refractivity contribution in [3.8, 4) is 0 Å². The van der Waals surface area contributed by atoms with Gasteiger partial charge in [0.25, 0.3) is 0 Å². The summed E-state index contributed by atoms with van der Waals surface area (Å²) in [4.78, 5) is 56.7. The van der Waals surface area contributed by atoms with E-state index in [9.17, 15) is 24.3 Å². The van der Waals surface area contributed by atoms with Crippen molar-refractivity contribution in [3.63, 3.8) is 0 Å². The van der Waals surface area contributed by atoms with Crippen molar-refractivity contribution in [1.29, 1.82) is 0 Å². The molecule has 9 heteroatoms. The second-order valence-corrected chi connectivity index (χ2v) is 22.5. The third kappa shape index (κ3) is 7.51. The van der Waals surface area contributed by atoms with Crippen molar-refractivity contribution in [2.24, 2.45) is 56.2 Å². The van der Waals surface area contributed by atoms with Crippen molar-refractivity contribution in [1.82, 2.24) is 9.80 Å². The van der Waals surface area contributed by atoms with E-state index in [0.717, 1.165) is 81.0 Å². The van der Waals surface area contributed by atoms with Gasteiger partial charge in [-0.05, 0) is 154 Å². The molecular formula is C49H73ClN2O6. The zero-order chi connectivity index (χ0) is 43.0. The molecule has 0 radical (unpaired) electrons. The number of halogens is 1. The molecule has 0 spiro atoms. The molecule has 5 aliphatic rings. The molecule has 8 atom stereocenters. The molecule has 0 bridgehead atoms. The van der Waals surface area contributed by atoms with Gasteiger partial charge in [-0.15, -0.1) is 0 Å². The lowest BCUT2D eigenvalue weighted by Crippen LogP contribution is -2.65. The lowest BCUT2D eigenvalue weighted by atomic mass is 9.33. The van der Waals surface area contributed by atoms with Gasteiger partial charge in [0.1, 0.15) is 6.10 Å². The minimum Gasteiger partial charge on any atom is -0.481 e. The highest BCUT2D eigenvalue weighted by atomic mass is 35.5. The number of carboxylic acids is 1. The van der Waals surface area contributed by atoms with E-state index in [4.69, 9.17) is 16.3 Å². The molecule has 0 heterocycles. The maximum absolute atomic E-state index is 14.3. The molecule has 6 rings (SSSR count). The number of hydrogen-bond donors (Lipinski definition) is 1. The zero-order valence-corrected chi connectivity index (χ0v) is 38.5. The smallest absolute Gasteiger partial charge is 0.309 e. The number of esters is 1. The molecule has 1 aromatic rings. The van der Waals surface area contributed by atoms with Crippen LogP contribution in [0.3, 0.4) is 0 Å². The molecule has 4 fully saturated rings. The normalized spacial score (nSPS) is 34.3. The van der Waals surface area contributed by atoms with Crippen LogP contribution in [0.1, 0.15) is 151 Å². The van der Waals surface area contributed by atoms with Crippen molar-refractivity contribution >= 4 is 35.2 Å². The van der Waals surface area contributed by atoms with Gasteiger partial charge in [0.2, 0.25) is 5.91 Å². The summed E-state index contributed by atoms with van der Waals surface area (Å²) in [6.07, 6.45) is 9.11. The monoisotopic (exact) mass is 821 g/mol. The average molecular weight is 822 g/mol. The number of carbonyl (C=O) groups is 4. The summed E-state index contributed by atoms with van der Waals surface area (Å²) >= 11 is 6.43. The molecule has 58 heavy (non-hydrogen) atoms. The highest BCUT2D eigenvalue weighted by Gasteiger charge is 2.70. The van der Waals surface area contributed by atoms with E-state index in [0.29, 0.717) is 48.1 Å². The van der Waals surface area contributed by atoms with Crippen molar-refractivity contribution in [3.05, 3.63) is 45.5 Å². The van der Waals surface area contributed by atoms with Gasteiger partial charge in [-0.2, -0.15) is 0 Å². The standard InChI is InChI=1S/C49H73ClN2O6/c1-30(2)41-36(54)26-49(23-24-52(31(3)53)29-32-13-14-34(50)25-33(32)28-51(11)12)22-21-47(9)35(42(41)49)15-16-38-46(8)19-18-39(58-40(55)27-44(4,5)43(56)57)45(6,7)37(46)17-20-48(38,47)10/h13-14,25,30,35,37-39H,15-24,26-29H2,1-12H3,(H,56,57). The summed E-state index contributed by atoms with van der Waals surface area (Å²) in [6.45, 7) is 23.4. The number of fused-ring (bicyclic) bond motifs is 7. The molecule has 322 valence electrons. The number of ketones is 1. The summed E-state index contributed by atoms with van der Waals surface area (Å²) in [5.74, 6) is 0.304. The van der Waals surface area contributed by atoms with Crippen molar-refractivity contribution in [2.45, 2.75) is 159 Å². The Balaban J connectivity index is 1.27. The maximum atomic E-state index is 14.3. The Morgan fingerprint density at radius 3 is 2.22 bits per heavy atom. The third-order valence-electron chi connectivity index (χ3n) is 17.3. The van der Waals surface area contributed by atoms with E-state index in [-0.39, 0.29) is 51.4 Å². The number of carbonyl (C=O) groups excluding carboxylic acids is 3. The van der Waals surface area contributed by atoms with Crippen LogP contribution in [0.2, 0.25) is 5.02 Å². The molecule has 1 amide bonds. The number of benzene rings is 1. The first-order valence-corrected chi connectivity index (χ1v) is 22.6. The van der Waals surface area contributed by atoms with Crippen molar-refractivity contribution < 1.29 is 29.0 Å². The second-order valence-electron chi connectivity index (χ2n) is 22.0. The van der Waals surface area contributed by atoms with Gasteiger partial charge in [0.15, 0.2) is 5.78 Å². The van der Waals surface area contributed by atoms with Gasteiger partial charge in [-0.25, -0.2) is 0 Å². The average Bonchev–Trinajstić information content (AvgIpc) is 3.40. The van der Waals surface area contributed by atoms with Crippen LogP contribution in [-0.4, -0.2) is 65.3 Å². The molecule has 0 saturated heterocycles. The number of hydrogen-bond acceptors (Lipinski definition) is 6. The number of allylic oxidation sites excluding steroid dienone is 2. The highest BCUT2D eigenvalue weighted by molar-refractivity contribution is 6.30. The topological polar surface area (TPSA) is 104 Å². The van der Waals surface area contributed by atoms with Crippen molar-refractivity contribution in [2.75, 3.05) is 20.6 Å². The molecule has 8 nitrogen and oxygen atoms in total. The summed E-state index contributed by atoms with van der Waals surface area (Å²) in [7, 11) is 4.08. The molecule has 0 aromatic heterocycles. The first-order valence-electron chi connectivity index (χ1n) is 22.2. The van der Waals surface area contributed by atoms with Crippen LogP contribution in [0.5, 0.6) is 0 Å². The van der Waals surface area contributed by atoms with Crippen LogP contribution >= 0.6 is 11.6 Å². The maximum Gasteiger partial charge on any atom is 0.309 e. The van der Waals surface area contributed by atoms with Crippen LogP contribution in [0, 0.1) is 56.2 Å². The largest absolute Gasteiger partial charge is 0.481 e. The Bertz CT molecular complexity index is 1850. The molecule has 1 N–H and O–H groups in total. The zero-order valence-electron chi connectivity index (χ0n) is 37.8. The van der Waals surface area contributed by atoms with Crippen LogP contribution < -0.4 is 0 Å². The number of Topliss-reactive ketones (excluding diaryl/α,β-unsaturated/α-hetero) is 1. The van der Waals surface area contributed by atoms with Gasteiger partial charge in [-0.1, -0.05) is 71.7 Å². The second kappa shape index (κ2) is 15.6. The fourth-order valence-electron chi connectivity index (χ4n) is 14.0. The van der Waals surface area contributed by atoms with Gasteiger partial charge < -0.3 is 19.6 Å². The van der Waals surface area contributed by atoms with Gasteiger partial charge in [0, 0.05) is 48.8 Å². The fourth-order valence-corrected chi connectivity index (χ4v) is 14.2. The first kappa shape index (κ1) is 44.8. The molecular weight excluding hydrogens is 748 g/mol. The predicted octanol–water partition coefficient (Wildman–Crippen LogP) is 10.5. The quantitative estimate of drug-likeness (QED) is 0.209. The first-order chi connectivity index (χ1) is 26.8. The number of aliphatic carboxylic acids is 1. The Morgan fingerprint density at radius 1 is 0.914 bits per heavy atom. The highest BCUT2D eigenvalue weighted by Crippen LogP contribution is 2.77. The van der Waals surface area contributed by atoms with Crippen LogP contribution in [0.15, 0.2) is 29.3 Å². The summed E-state index contributed by atoms with van der Waals surface area (Å²) < 4.78 is 6.20. The van der Waals surface area contributed by atoms with Gasteiger partial charge in [0.05, 0.1) is 11.8 Å². The molecule has 4 saturated carbocycles. The van der Waals surface area contributed by atoms with E-state index < -0.39 is 17.4 Å². The number of carboxylic acid groups (broad SMARTS) is 1. The summed E-state index contributed by atoms with van der Waals surface area (Å²) in [5.41, 5.74) is 3.26. The molecule has 5 aliphatic carbocycles. The molecule has 8 unspecified atom stereocenters. The lowest BCUT2D eigenvalue weighted by molar-refractivity contribution is -0.233. The Hall–Kier alpha value is -2.71. The number of rotatable bonds is 12. The predicted molar refractivity (Wildman–Crippen MR) is 230 cm³/mol. The SMILES string of the molecule is CC(=O)N(CCC12CCC3(C)C(CCC4C5(C)CCC(OC(=O)CC(C)(C)C(=O)O)C(C)(C)C5CCC43C)C1=C(C(C)C)C(=O)C2)Cc1ccc(Cl)cc1CN(C)C. The Labute approximate surface area is 354 Å². The number of ether oxygens (including phenoxy) is 1. The minimum atomic E-state index is -1.17. The summed E-state index contributed by atoms with van der Waals surface area (Å²) in [6, 6.07) is 5.98. The van der Waals surface area contributed by atoms with Crippen LogP contribution in [0.4, 0.5) is 0 Å². The molecule has 1 aromatic carbocycles. The number of nitrogens with zero attached hydrogens (tertiary/aromatic N) is 2. The van der Waals surface area contributed by atoms with Gasteiger partial charge in [-0.3, -0.25) is 19.2 Å². The molecule has 0 aliphatic heterocycles. The van der Waals surface area contributed by atoms with E-state index in [1.807, 2.05) is 31.1 Å². The van der Waals surface area contributed by atoms with E-state index >= 15 is 0 Å². The number of amides is 1. The van der Waals surface area contributed by atoms with Crippen LogP contribution in [0.25, 0.3) is 0 Å². The lowest BCUT2D eigenvalue weighted by Gasteiger charge is -2.72. The van der Waals surface area contributed by atoms with Gasteiger partial charge >= 0.3 is 11.9 Å². The van der Waals surface area contributed by atoms with E-state index in [1.165, 1.54) is 5.57 Å². The fraction of sp³-hybridized carbons (Fsp3) is 0.755. The minimum absolute atomic E-state index is 0.0218. The van der Waals surface area contributed by atoms with Crippen LogP contribution in [-0.2, 0) is 37.0 Å². The van der Waals surface area contributed by atoms with E-state index in [1.54, 1.807) is 20.8 Å². The Kier molecular flexibility index (Phi) is 12.1. The third-order valence-corrected chi connectivity index (χ3v) is 17.5. The van der Waals surface area contributed by atoms with E-state index in [2.05, 4.69) is 59.4 Å². The Morgan fingerprint density at radius 2 is 1.60 bits per heavy atom. The summed E-state index contributed by atoms with van der Waals surface area (Å²) in [5, 5.41) is 10.3.